The Bertz CT molecular complexity index is 6920. The molecule has 7 nitrogen and oxygen atoms in total. The summed E-state index contributed by atoms with van der Waals surface area (Å²) in [7, 11) is 0. The van der Waals surface area contributed by atoms with Gasteiger partial charge in [-0.1, -0.05) is 279 Å². The van der Waals surface area contributed by atoms with Gasteiger partial charge in [-0.3, -0.25) is 0 Å². The molecule has 21 aromatic rings. The molecule has 0 N–H and O–H groups in total. The molecule has 0 amide bonds. The number of nitrogens with zero attached hydrogens (tertiary/aromatic N) is 3. The highest BCUT2D eigenvalue weighted by atomic mass is 16.3. The molecular formula is C102H62BN3O4. The molecule has 23 rings (SSSR count). The summed E-state index contributed by atoms with van der Waals surface area (Å²) in [4.78, 5) is 7.58. The van der Waals surface area contributed by atoms with E-state index in [0.717, 1.165) is 222 Å². The highest BCUT2D eigenvalue weighted by molar-refractivity contribution is 7.00. The molecule has 17 aromatic carbocycles. The largest absolute Gasteiger partial charge is 0.455 e. The molecule has 0 fully saturated rings. The van der Waals surface area contributed by atoms with Gasteiger partial charge in [-0.25, -0.2) is 0 Å². The quantitative estimate of drug-likeness (QED) is 0.120. The summed E-state index contributed by atoms with van der Waals surface area (Å²) < 4.78 is 27.7. The van der Waals surface area contributed by atoms with Gasteiger partial charge in [0.05, 0.1) is 5.69 Å². The van der Waals surface area contributed by atoms with E-state index in [2.05, 4.69) is 379 Å². The Balaban J connectivity index is 0.841. The maximum Gasteiger partial charge on any atom is 0.252 e. The van der Waals surface area contributed by atoms with Crippen molar-refractivity contribution in [2.75, 3.05) is 14.7 Å². The van der Waals surface area contributed by atoms with Crippen LogP contribution in [0.2, 0.25) is 0 Å². The van der Waals surface area contributed by atoms with Gasteiger partial charge in [-0.15, -0.1) is 0 Å². The molecule has 110 heavy (non-hydrogen) atoms. The molecule has 8 heteroatoms. The number of fused-ring (bicyclic) bond motifs is 16. The Labute approximate surface area is 633 Å². The van der Waals surface area contributed by atoms with E-state index >= 15 is 0 Å². The Kier molecular flexibility index (Phi) is 13.7. The lowest BCUT2D eigenvalue weighted by Gasteiger charge is -2.45. The fourth-order valence-electron chi connectivity index (χ4n) is 17.9. The Morgan fingerprint density at radius 3 is 0.900 bits per heavy atom. The van der Waals surface area contributed by atoms with E-state index in [1.165, 1.54) is 0 Å². The van der Waals surface area contributed by atoms with Gasteiger partial charge < -0.3 is 32.4 Å². The molecule has 0 unspecified atom stereocenters. The Hall–Kier alpha value is -14.6. The third-order valence-electron chi connectivity index (χ3n) is 22.8. The van der Waals surface area contributed by atoms with Crippen LogP contribution in [0.4, 0.5) is 51.2 Å². The van der Waals surface area contributed by atoms with Crippen molar-refractivity contribution in [3.63, 3.8) is 0 Å². The van der Waals surface area contributed by atoms with Crippen LogP contribution < -0.4 is 31.1 Å². The third kappa shape index (κ3) is 9.66. The van der Waals surface area contributed by atoms with Gasteiger partial charge in [0.1, 0.15) is 44.7 Å². The van der Waals surface area contributed by atoms with E-state index in [9.17, 15) is 0 Å². The predicted molar refractivity (Wildman–Crippen MR) is 457 cm³/mol. The summed E-state index contributed by atoms with van der Waals surface area (Å²) in [6.07, 6.45) is 0. The Morgan fingerprint density at radius 1 is 0.209 bits per heavy atom. The van der Waals surface area contributed by atoms with E-state index < -0.39 is 0 Å². The predicted octanol–water partition coefficient (Wildman–Crippen LogP) is 26.8. The van der Waals surface area contributed by atoms with Gasteiger partial charge in [0, 0.05) is 111 Å². The normalized spacial score (nSPS) is 12.5. The first-order valence-corrected chi connectivity index (χ1v) is 37.5. The average Bonchev–Trinajstić information content (AvgIpc) is 0.947. The van der Waals surface area contributed by atoms with Crippen molar-refractivity contribution in [1.29, 1.82) is 0 Å². The molecule has 0 atom stereocenters. The molecule has 0 saturated carbocycles. The molecule has 0 radical (unpaired) electrons. The molecule has 512 valence electrons. The maximum absolute atomic E-state index is 6.96. The minimum atomic E-state index is -0.310. The fraction of sp³-hybridized carbons (Fsp3) is 0. The lowest BCUT2D eigenvalue weighted by atomic mass is 9.33. The average molecular weight is 1400 g/mol. The molecule has 4 aromatic heterocycles. The van der Waals surface area contributed by atoms with Crippen molar-refractivity contribution < 1.29 is 17.7 Å². The first-order chi connectivity index (χ1) is 54.5. The van der Waals surface area contributed by atoms with Crippen LogP contribution in [-0.4, -0.2) is 6.71 Å². The second-order valence-electron chi connectivity index (χ2n) is 28.9. The monoisotopic (exact) mass is 1400 g/mol. The first-order valence-electron chi connectivity index (χ1n) is 37.5. The number of anilines is 9. The number of para-hydroxylation sites is 8. The van der Waals surface area contributed by atoms with Crippen LogP contribution in [-0.2, 0) is 0 Å². The topological polar surface area (TPSA) is 62.3 Å². The number of benzene rings is 17. The van der Waals surface area contributed by atoms with Crippen molar-refractivity contribution >= 4 is 162 Å². The van der Waals surface area contributed by atoms with Gasteiger partial charge in [-0.2, -0.15) is 0 Å². The zero-order chi connectivity index (χ0) is 72.1. The molecule has 0 spiro atoms. The van der Waals surface area contributed by atoms with E-state index in [4.69, 9.17) is 17.7 Å². The maximum atomic E-state index is 6.96. The van der Waals surface area contributed by atoms with Crippen LogP contribution >= 0.6 is 0 Å². The third-order valence-corrected chi connectivity index (χ3v) is 22.8. The van der Waals surface area contributed by atoms with E-state index in [1.54, 1.807) is 0 Å². The van der Waals surface area contributed by atoms with Crippen molar-refractivity contribution in [2.24, 2.45) is 0 Å². The molecule has 0 saturated heterocycles. The second kappa shape index (κ2) is 24.5. The van der Waals surface area contributed by atoms with Crippen molar-refractivity contribution in [3.05, 3.63) is 376 Å². The summed E-state index contributed by atoms with van der Waals surface area (Å²) in [5, 5.41) is 8.62. The smallest absolute Gasteiger partial charge is 0.252 e. The molecule has 0 aliphatic carbocycles. The minimum absolute atomic E-state index is 0.310. The Morgan fingerprint density at radius 2 is 0.518 bits per heavy atom. The second-order valence-corrected chi connectivity index (χ2v) is 28.9. The zero-order valence-corrected chi connectivity index (χ0v) is 59.3. The van der Waals surface area contributed by atoms with E-state index in [-0.39, 0.29) is 6.71 Å². The SMILES string of the molecule is c1ccc(-c2cccc(N(c3cccc(-c4ccccc4)c3)c3cc4c5c(c3)N(c3cccc(-c6cccc7c6oc6ccccc67)c3)c3cc(-c6cccc7c6oc6ccccc67)ccc3B5c3ccc(-c5cccc6c5oc5ccccc56)cc3N4c3cccc(-c4cccc5c4oc4ccccc45)c3)c2)cc1. The van der Waals surface area contributed by atoms with Gasteiger partial charge in [0.2, 0.25) is 0 Å². The number of hydrogen-bond donors (Lipinski definition) is 0. The number of hydrogen-bond acceptors (Lipinski definition) is 7. The molecule has 2 aliphatic rings. The molecular weight excluding hydrogens is 1340 g/mol. The molecule has 6 heterocycles. The number of furan rings is 4. The lowest BCUT2D eigenvalue weighted by molar-refractivity contribution is 0.669. The highest BCUT2D eigenvalue weighted by Crippen LogP contribution is 2.53. The van der Waals surface area contributed by atoms with Crippen LogP contribution in [0.25, 0.3) is 155 Å². The van der Waals surface area contributed by atoms with Gasteiger partial charge >= 0.3 is 0 Å². The van der Waals surface area contributed by atoms with Crippen molar-refractivity contribution in [3.8, 4) is 66.8 Å². The van der Waals surface area contributed by atoms with Gasteiger partial charge in [-0.05, 0) is 158 Å². The minimum Gasteiger partial charge on any atom is -0.455 e. The van der Waals surface area contributed by atoms with Crippen LogP contribution in [0.15, 0.2) is 394 Å². The van der Waals surface area contributed by atoms with E-state index in [1.807, 2.05) is 12.1 Å². The van der Waals surface area contributed by atoms with Crippen LogP contribution in [0.5, 0.6) is 0 Å². The lowest BCUT2D eigenvalue weighted by Crippen LogP contribution is -2.61. The van der Waals surface area contributed by atoms with Crippen LogP contribution in [0, 0.1) is 0 Å². The molecule has 0 bridgehead atoms. The summed E-state index contributed by atoms with van der Waals surface area (Å²) >= 11 is 0. The standard InChI is InChI=1S/C102H62BN3O4/c1-3-23-63(24-4-1)65-27-15-31-71(55-65)104(72-32-16-28-66(56-72)64-25-5-2-6-26-64)75-61-92-98-93(62-75)106(74-34-18-30-68(58-74)77-40-20-44-85-81-36-8-12-48-95(81)108-100(77)85)91-60-70(79-42-22-46-87-83-38-10-14-50-97(83)110-102(79)87)52-54-89(91)103(98)88-53-51-69(78-41-21-45-86-82-37-9-13-49-96(82)109-101(78)86)59-90(88)105(92)73-33-17-29-67(57-73)76-39-19-43-84-80-35-7-11-47-94(80)107-99(76)84/h1-62H. The van der Waals surface area contributed by atoms with Crippen LogP contribution in [0.3, 0.4) is 0 Å². The van der Waals surface area contributed by atoms with E-state index in [0.29, 0.717) is 0 Å². The summed E-state index contributed by atoms with van der Waals surface area (Å²) in [6.45, 7) is -0.310. The van der Waals surface area contributed by atoms with Crippen molar-refractivity contribution in [1.82, 2.24) is 0 Å². The van der Waals surface area contributed by atoms with Crippen molar-refractivity contribution in [2.45, 2.75) is 0 Å². The van der Waals surface area contributed by atoms with Gasteiger partial charge in [0.25, 0.3) is 6.71 Å². The fourth-order valence-corrected chi connectivity index (χ4v) is 17.9. The first kappa shape index (κ1) is 61.7. The number of rotatable bonds is 11. The van der Waals surface area contributed by atoms with Crippen LogP contribution in [0.1, 0.15) is 0 Å². The summed E-state index contributed by atoms with van der Waals surface area (Å²) in [5.41, 5.74) is 31.8. The zero-order valence-electron chi connectivity index (χ0n) is 59.3. The summed E-state index contributed by atoms with van der Waals surface area (Å²) in [6, 6.07) is 137. The van der Waals surface area contributed by atoms with Gasteiger partial charge in [0.15, 0.2) is 0 Å². The summed E-state index contributed by atoms with van der Waals surface area (Å²) in [5.74, 6) is 0. The highest BCUT2D eigenvalue weighted by Gasteiger charge is 2.45. The molecule has 2 aliphatic heterocycles.